The van der Waals surface area contributed by atoms with Gasteiger partial charge in [-0.15, -0.1) is 0 Å². The molecule has 4 aromatic carbocycles. The van der Waals surface area contributed by atoms with Crippen molar-refractivity contribution >= 4 is 6.29 Å². The van der Waals surface area contributed by atoms with Crippen LogP contribution in [0.15, 0.2) is 109 Å². The molecule has 0 spiro atoms. The van der Waals surface area contributed by atoms with Gasteiger partial charge in [-0.1, -0.05) is 126 Å². The Morgan fingerprint density at radius 1 is 0.721 bits per heavy atom. The first-order valence-electron chi connectivity index (χ1n) is 25.1. The number of ether oxygens (including phenoxy) is 4. The molecule has 4 saturated carbocycles. The van der Waals surface area contributed by atoms with E-state index in [0.29, 0.717) is 78.2 Å². The lowest BCUT2D eigenvalue weighted by molar-refractivity contribution is -0.491. The maximum atomic E-state index is 10.6. The highest BCUT2D eigenvalue weighted by Gasteiger charge is 2.61. The van der Waals surface area contributed by atoms with Gasteiger partial charge in [-0.2, -0.15) is 0 Å². The number of nitrogens with zero attached hydrogens (tertiary/aromatic N) is 1. The Hall–Kier alpha value is -4.65. The zero-order valence-electron chi connectivity index (χ0n) is 41.6. The Labute approximate surface area is 406 Å². The van der Waals surface area contributed by atoms with Gasteiger partial charge in [-0.3, -0.25) is 14.9 Å². The number of carbonyl (C=O) groups excluding carboxylic acids is 1. The molecule has 7 atom stereocenters. The number of nitro groups is 1. The van der Waals surface area contributed by atoms with Crippen LogP contribution in [-0.2, 0) is 22.7 Å². The minimum atomic E-state index is -1.13. The summed E-state index contributed by atoms with van der Waals surface area (Å²) in [6, 6.07) is 35.4. The van der Waals surface area contributed by atoms with E-state index in [1.54, 1.807) is 36.4 Å². The fourth-order valence-electron chi connectivity index (χ4n) is 11.5. The number of aldehydes is 1. The second kappa shape index (κ2) is 24.8. The monoisotopic (exact) mass is 934 g/mol. The van der Waals surface area contributed by atoms with Crippen molar-refractivity contribution in [1.29, 1.82) is 0 Å². The molecule has 6 unspecified atom stereocenters. The Morgan fingerprint density at radius 2 is 1.31 bits per heavy atom. The van der Waals surface area contributed by atoms with Gasteiger partial charge in [0, 0.05) is 48.5 Å². The molecule has 4 aliphatic rings. The van der Waals surface area contributed by atoms with Crippen LogP contribution in [0.3, 0.4) is 0 Å². The minimum absolute atomic E-state index is 0.476. The molecule has 3 N–H and O–H groups in total. The molecule has 4 bridgehead atoms. The lowest BCUT2D eigenvalue weighted by Crippen LogP contribution is -2.47. The highest BCUT2D eigenvalue weighted by Crippen LogP contribution is 2.66. The summed E-state index contributed by atoms with van der Waals surface area (Å²) in [7, 11) is 0. The van der Waals surface area contributed by atoms with Gasteiger partial charge in [-0.25, -0.2) is 0 Å². The van der Waals surface area contributed by atoms with Crippen LogP contribution >= 0.6 is 0 Å². The molecule has 4 fully saturated rings. The van der Waals surface area contributed by atoms with Crippen molar-refractivity contribution in [1.82, 2.24) is 10.6 Å². The highest BCUT2D eigenvalue weighted by molar-refractivity contribution is 5.75. The third-order valence-electron chi connectivity index (χ3n) is 16.5. The lowest BCUT2D eigenvalue weighted by Gasteiger charge is -2.39. The van der Waals surface area contributed by atoms with Gasteiger partial charge in [0.05, 0.1) is 39.6 Å². The van der Waals surface area contributed by atoms with Crippen molar-refractivity contribution in [2.45, 2.75) is 124 Å². The topological polar surface area (TPSA) is 141 Å². The smallest absolute Gasteiger partial charge is 0.233 e. The SMILES string of the molecule is CC12CCC(C(NCCNC3CC4CCC3(C)C4(C)C)C1)C2(C)C.O=Cc1cccc(OCCCOCc2ccccc2)c1.O=[N+]([O-])C[C@@H](O)c1cccc(OCCCOCc2ccccc2)c1. The molecule has 370 valence electrons. The Morgan fingerprint density at radius 3 is 1.82 bits per heavy atom. The van der Waals surface area contributed by atoms with Gasteiger partial charge in [0.15, 0.2) is 0 Å². The number of fused-ring (bicyclic) bond motifs is 4. The normalized spacial score (nSPS) is 25.1. The summed E-state index contributed by atoms with van der Waals surface area (Å²) in [5, 5.41) is 28.1. The number of carbonyl (C=O) groups is 1. The standard InChI is InChI=1S/C22H40N2.C18H21NO5.C17H18O3/c1-19(2)15-7-10-22(19,6)18(13-15)24-12-11-23-17-14-21(5)9-8-16(17)20(21,3)4;20-18(13-19(21)22)16-8-4-9-17(12-16)24-11-5-10-23-14-15-6-2-1-3-7-15;18-13-16-8-4-9-17(12-16)20-11-5-10-19-14-15-6-2-1-3-7-15/h15-18,23-24H,7-14H2,1-6H3;1-4,6-9,12,18,20H,5,10-11,13-14H2;1-4,6-9,12-13H,5,10-11,14H2/t;18-;/m.1./s1. The van der Waals surface area contributed by atoms with Gasteiger partial charge in [0.2, 0.25) is 6.54 Å². The summed E-state index contributed by atoms with van der Waals surface area (Å²) in [6.07, 6.45) is 9.79. The van der Waals surface area contributed by atoms with Gasteiger partial charge >= 0.3 is 0 Å². The molecule has 0 aromatic heterocycles. The molecule has 4 aromatic rings. The van der Waals surface area contributed by atoms with Crippen molar-refractivity contribution in [2.75, 3.05) is 46.1 Å². The molecule has 8 rings (SSSR count). The number of benzene rings is 4. The van der Waals surface area contributed by atoms with Crippen LogP contribution in [0.2, 0.25) is 0 Å². The molecule has 68 heavy (non-hydrogen) atoms. The molecular weight excluding hydrogens is 855 g/mol. The molecule has 11 nitrogen and oxygen atoms in total. The first-order valence-corrected chi connectivity index (χ1v) is 25.1. The van der Waals surface area contributed by atoms with E-state index in [2.05, 4.69) is 52.2 Å². The van der Waals surface area contributed by atoms with Crippen molar-refractivity contribution in [3.05, 3.63) is 142 Å². The quantitative estimate of drug-likeness (QED) is 0.0285. The number of nitrogens with one attached hydrogen (secondary N) is 2. The summed E-state index contributed by atoms with van der Waals surface area (Å²) in [4.78, 5) is 20.5. The number of aliphatic hydroxyl groups is 1. The average molecular weight is 934 g/mol. The van der Waals surface area contributed by atoms with Crippen LogP contribution in [-0.4, -0.2) is 74.5 Å². The molecule has 0 aliphatic heterocycles. The molecule has 0 heterocycles. The van der Waals surface area contributed by atoms with Crippen LogP contribution in [0.25, 0.3) is 0 Å². The van der Waals surface area contributed by atoms with E-state index in [1.807, 2.05) is 72.8 Å². The number of aliphatic hydroxyl groups excluding tert-OH is 1. The molecule has 4 aliphatic carbocycles. The first-order chi connectivity index (χ1) is 32.6. The fraction of sp³-hybridized carbons (Fsp3) is 0.561. The maximum Gasteiger partial charge on any atom is 0.233 e. The predicted octanol–water partition coefficient (Wildman–Crippen LogP) is 11.1. The number of rotatable bonds is 23. The van der Waals surface area contributed by atoms with Gasteiger partial charge in [0.25, 0.3) is 0 Å². The second-order valence-electron chi connectivity index (χ2n) is 21.1. The molecule has 0 amide bonds. The third kappa shape index (κ3) is 13.8. The van der Waals surface area contributed by atoms with Gasteiger partial charge in [-0.05, 0) is 113 Å². The fourth-order valence-corrected chi connectivity index (χ4v) is 11.5. The largest absolute Gasteiger partial charge is 0.493 e. The van der Waals surface area contributed by atoms with E-state index in [-0.39, 0.29) is 0 Å². The predicted molar refractivity (Wildman–Crippen MR) is 270 cm³/mol. The van der Waals surface area contributed by atoms with Crippen molar-refractivity contribution in [2.24, 2.45) is 33.5 Å². The van der Waals surface area contributed by atoms with Crippen molar-refractivity contribution in [3.8, 4) is 11.5 Å². The summed E-state index contributed by atoms with van der Waals surface area (Å²) in [6.45, 7) is 20.4. The Balaban J connectivity index is 0.000000169. The van der Waals surface area contributed by atoms with E-state index in [4.69, 9.17) is 18.9 Å². The molecule has 0 radical (unpaired) electrons. The van der Waals surface area contributed by atoms with Crippen LogP contribution < -0.4 is 20.1 Å². The van der Waals surface area contributed by atoms with Crippen LogP contribution in [0.1, 0.15) is 126 Å². The van der Waals surface area contributed by atoms with E-state index < -0.39 is 17.6 Å². The van der Waals surface area contributed by atoms with Gasteiger partial charge < -0.3 is 34.7 Å². The first kappa shape index (κ1) is 52.7. The number of hydrogen-bond donors (Lipinski definition) is 3. The highest BCUT2D eigenvalue weighted by atomic mass is 16.6. The molecule has 0 saturated heterocycles. The summed E-state index contributed by atoms with van der Waals surface area (Å²) in [5.74, 6) is 3.14. The number of hydrogen-bond acceptors (Lipinski definition) is 10. The van der Waals surface area contributed by atoms with Crippen LogP contribution in [0, 0.1) is 43.6 Å². The van der Waals surface area contributed by atoms with E-state index >= 15 is 0 Å². The zero-order chi connectivity index (χ0) is 48.6. The summed E-state index contributed by atoms with van der Waals surface area (Å²) >= 11 is 0. The summed E-state index contributed by atoms with van der Waals surface area (Å²) < 4.78 is 22.3. The van der Waals surface area contributed by atoms with E-state index in [9.17, 15) is 20.0 Å². The van der Waals surface area contributed by atoms with Crippen LogP contribution in [0.5, 0.6) is 11.5 Å². The molecule has 11 heteroatoms. The van der Waals surface area contributed by atoms with Gasteiger partial charge in [0.1, 0.15) is 23.9 Å². The Bertz CT molecular complexity index is 2150. The van der Waals surface area contributed by atoms with E-state index in [0.717, 1.165) is 67.4 Å². The molecular formula is C57H79N3O8. The minimum Gasteiger partial charge on any atom is -0.493 e. The average Bonchev–Trinajstić information content (AvgIpc) is 3.86. The zero-order valence-corrected chi connectivity index (χ0v) is 41.6. The van der Waals surface area contributed by atoms with Crippen molar-refractivity contribution in [3.63, 3.8) is 0 Å². The van der Waals surface area contributed by atoms with E-state index in [1.165, 1.54) is 44.1 Å². The maximum absolute atomic E-state index is 10.6. The third-order valence-corrected chi connectivity index (χ3v) is 16.5. The Kier molecular flexibility index (Phi) is 19.2. The lowest BCUT2D eigenvalue weighted by atomic mass is 9.69. The second-order valence-corrected chi connectivity index (χ2v) is 21.1. The van der Waals surface area contributed by atoms with Crippen LogP contribution in [0.4, 0.5) is 0 Å². The van der Waals surface area contributed by atoms with Crippen molar-refractivity contribution < 1.29 is 33.8 Å². The summed E-state index contributed by atoms with van der Waals surface area (Å²) in [5.41, 5.74) is 5.55.